The maximum atomic E-state index is 4.28. The van der Waals surface area contributed by atoms with E-state index >= 15 is 0 Å². The molecule has 0 saturated carbocycles. The first-order valence-corrected chi connectivity index (χ1v) is 5.11. The van der Waals surface area contributed by atoms with E-state index in [1.54, 1.807) is 0 Å². The van der Waals surface area contributed by atoms with E-state index < -0.39 is 0 Å². The molecule has 73 valence electrons. The lowest BCUT2D eigenvalue weighted by molar-refractivity contribution is 0.0619. The van der Waals surface area contributed by atoms with Crippen LogP contribution in [0.2, 0.25) is 0 Å². The highest BCUT2D eigenvalue weighted by atomic mass is 14.4. The summed E-state index contributed by atoms with van der Waals surface area (Å²) >= 11 is 0. The lowest BCUT2D eigenvalue weighted by atomic mass is 9.60. The van der Waals surface area contributed by atoms with Gasteiger partial charge in [0.2, 0.25) is 0 Å². The van der Waals surface area contributed by atoms with Crippen LogP contribution in [0.5, 0.6) is 0 Å². The first kappa shape index (κ1) is 12.0. The topological polar surface area (TPSA) is 0 Å². The summed E-state index contributed by atoms with van der Waals surface area (Å²) in [7, 11) is 0. The zero-order valence-corrected chi connectivity index (χ0v) is 9.70. The van der Waals surface area contributed by atoms with Crippen LogP contribution < -0.4 is 0 Å². The van der Waals surface area contributed by atoms with E-state index in [4.69, 9.17) is 0 Å². The third kappa shape index (κ3) is 2.24. The first-order valence-electron chi connectivity index (χ1n) is 5.11. The lowest BCUT2D eigenvalue weighted by Crippen LogP contribution is -2.37. The van der Waals surface area contributed by atoms with Crippen molar-refractivity contribution in [1.29, 1.82) is 0 Å². The highest BCUT2D eigenvalue weighted by molar-refractivity contribution is 4.92. The summed E-state index contributed by atoms with van der Waals surface area (Å²) in [5.41, 5.74) is 0.554. The van der Waals surface area contributed by atoms with Gasteiger partial charge in [-0.15, -0.1) is 0 Å². The zero-order valence-electron chi connectivity index (χ0n) is 9.70. The Labute approximate surface area is 78.8 Å². The lowest BCUT2D eigenvalue weighted by Gasteiger charge is -2.45. The van der Waals surface area contributed by atoms with Gasteiger partial charge >= 0.3 is 0 Å². The second kappa shape index (κ2) is 3.81. The van der Waals surface area contributed by atoms with Gasteiger partial charge in [0.15, 0.2) is 0 Å². The summed E-state index contributed by atoms with van der Waals surface area (Å²) in [5.74, 6) is 0.713. The summed E-state index contributed by atoms with van der Waals surface area (Å²) in [6, 6.07) is 0. The monoisotopic (exact) mass is 169 g/mol. The zero-order chi connectivity index (χ0) is 9.99. The Hall–Kier alpha value is 0. The van der Waals surface area contributed by atoms with E-state index in [9.17, 15) is 0 Å². The molecular formula is C12H25. The molecule has 0 aliphatic carbocycles. The van der Waals surface area contributed by atoms with Gasteiger partial charge in [0.05, 0.1) is 0 Å². The normalized spacial score (nSPS) is 18.0. The second-order valence-electron chi connectivity index (χ2n) is 5.21. The van der Waals surface area contributed by atoms with Crippen LogP contribution in [-0.4, -0.2) is 0 Å². The molecule has 12 heavy (non-hydrogen) atoms. The average molecular weight is 169 g/mol. The van der Waals surface area contributed by atoms with Crippen LogP contribution in [0.15, 0.2) is 0 Å². The molecule has 1 unspecified atom stereocenters. The third-order valence-corrected chi connectivity index (χ3v) is 3.59. The minimum Gasteiger partial charge on any atom is -0.0654 e. The Morgan fingerprint density at radius 3 is 1.67 bits per heavy atom. The third-order valence-electron chi connectivity index (χ3n) is 3.59. The minimum absolute atomic E-state index is 0.178. The largest absolute Gasteiger partial charge is 0.0654 e. The molecule has 0 spiro atoms. The fourth-order valence-corrected chi connectivity index (χ4v) is 1.93. The van der Waals surface area contributed by atoms with Crippen molar-refractivity contribution in [2.45, 2.75) is 54.4 Å². The van der Waals surface area contributed by atoms with Crippen LogP contribution in [-0.2, 0) is 0 Å². The molecule has 0 aliphatic heterocycles. The van der Waals surface area contributed by atoms with Gasteiger partial charge in [-0.25, -0.2) is 0 Å². The minimum atomic E-state index is 0.178. The summed E-state index contributed by atoms with van der Waals surface area (Å²) in [5, 5.41) is 0. The van der Waals surface area contributed by atoms with Gasteiger partial charge in [0, 0.05) is 0 Å². The van der Waals surface area contributed by atoms with E-state index in [2.05, 4.69) is 48.5 Å². The maximum Gasteiger partial charge on any atom is -0.0252 e. The van der Waals surface area contributed by atoms with Gasteiger partial charge in [-0.1, -0.05) is 48.0 Å². The van der Waals surface area contributed by atoms with Crippen molar-refractivity contribution in [3.63, 3.8) is 0 Å². The van der Waals surface area contributed by atoms with Crippen molar-refractivity contribution in [3.05, 3.63) is 6.92 Å². The number of hydrogen-bond acceptors (Lipinski definition) is 0. The van der Waals surface area contributed by atoms with Gasteiger partial charge < -0.3 is 0 Å². The SMILES string of the molecule is [CH2]C(C)(C)C(C)(CCC)C(C)C. The van der Waals surface area contributed by atoms with Gasteiger partial charge in [0.1, 0.15) is 0 Å². The molecule has 0 heterocycles. The highest BCUT2D eigenvalue weighted by Gasteiger charge is 2.38. The molecule has 1 atom stereocenters. The van der Waals surface area contributed by atoms with Gasteiger partial charge in [-0.3, -0.25) is 0 Å². The summed E-state index contributed by atoms with van der Waals surface area (Å²) < 4.78 is 0. The Balaban J connectivity index is 4.62. The van der Waals surface area contributed by atoms with Crippen LogP contribution in [0, 0.1) is 23.7 Å². The van der Waals surface area contributed by atoms with Crippen molar-refractivity contribution in [1.82, 2.24) is 0 Å². The van der Waals surface area contributed by atoms with Crippen LogP contribution in [0.25, 0.3) is 0 Å². The average Bonchev–Trinajstić information content (AvgIpc) is 1.85. The first-order chi connectivity index (χ1) is 5.25. The molecule has 0 saturated heterocycles. The molecule has 0 N–H and O–H groups in total. The number of hydrogen-bond donors (Lipinski definition) is 0. The quantitative estimate of drug-likeness (QED) is 0.588. The van der Waals surface area contributed by atoms with Crippen LogP contribution in [0.3, 0.4) is 0 Å². The van der Waals surface area contributed by atoms with Crippen molar-refractivity contribution < 1.29 is 0 Å². The molecule has 0 aromatic rings. The smallest absolute Gasteiger partial charge is 0.0252 e. The van der Waals surface area contributed by atoms with E-state index in [-0.39, 0.29) is 5.41 Å². The summed E-state index contributed by atoms with van der Waals surface area (Å²) in [6.45, 7) is 18.0. The van der Waals surface area contributed by atoms with Gasteiger partial charge in [-0.05, 0) is 30.1 Å². The van der Waals surface area contributed by atoms with Crippen LogP contribution >= 0.6 is 0 Å². The highest BCUT2D eigenvalue weighted by Crippen LogP contribution is 2.47. The van der Waals surface area contributed by atoms with E-state index in [1.165, 1.54) is 12.8 Å². The molecule has 0 aliphatic rings. The molecule has 0 bridgehead atoms. The molecule has 0 amide bonds. The van der Waals surface area contributed by atoms with Crippen LogP contribution in [0.1, 0.15) is 54.4 Å². The van der Waals surface area contributed by atoms with Crippen molar-refractivity contribution in [3.8, 4) is 0 Å². The van der Waals surface area contributed by atoms with Gasteiger partial charge in [-0.2, -0.15) is 0 Å². The molecule has 0 aromatic carbocycles. The molecule has 0 heteroatoms. The number of rotatable bonds is 4. The molecule has 0 aromatic heterocycles. The standard InChI is InChI=1S/C12H25/c1-8-9-12(7,10(2)3)11(4,5)6/h10H,4,8-9H2,1-3,5-7H3. The predicted octanol–water partition coefficient (Wildman–Crippen LogP) is 4.31. The predicted molar refractivity (Wildman–Crippen MR) is 57.0 cm³/mol. The van der Waals surface area contributed by atoms with Crippen molar-refractivity contribution in [2.24, 2.45) is 16.7 Å². The molecule has 0 fully saturated rings. The molecule has 0 nitrogen and oxygen atoms in total. The molecule has 0 rings (SSSR count). The fourth-order valence-electron chi connectivity index (χ4n) is 1.93. The van der Waals surface area contributed by atoms with Gasteiger partial charge in [0.25, 0.3) is 0 Å². The Morgan fingerprint density at radius 1 is 1.17 bits per heavy atom. The Bertz CT molecular complexity index is 127. The summed E-state index contributed by atoms with van der Waals surface area (Å²) in [6.07, 6.45) is 2.54. The Kier molecular flexibility index (Phi) is 3.81. The second-order valence-corrected chi connectivity index (χ2v) is 5.21. The Morgan fingerprint density at radius 2 is 1.58 bits per heavy atom. The van der Waals surface area contributed by atoms with Crippen molar-refractivity contribution in [2.75, 3.05) is 0 Å². The van der Waals surface area contributed by atoms with E-state index in [1.807, 2.05) is 0 Å². The fraction of sp³-hybridized carbons (Fsp3) is 0.917. The van der Waals surface area contributed by atoms with E-state index in [0.29, 0.717) is 11.3 Å². The van der Waals surface area contributed by atoms with Crippen LogP contribution in [0.4, 0.5) is 0 Å². The van der Waals surface area contributed by atoms with Crippen molar-refractivity contribution >= 4 is 0 Å². The van der Waals surface area contributed by atoms with E-state index in [0.717, 1.165) is 0 Å². The maximum absolute atomic E-state index is 4.28. The molecule has 1 radical (unpaired) electrons. The summed E-state index contributed by atoms with van der Waals surface area (Å²) in [4.78, 5) is 0. The molecular weight excluding hydrogens is 144 g/mol.